The first-order valence-corrected chi connectivity index (χ1v) is 10.6. The quantitative estimate of drug-likeness (QED) is 0.640. The van der Waals surface area contributed by atoms with E-state index in [-0.39, 0.29) is 11.3 Å². The molecule has 0 radical (unpaired) electrons. The van der Waals surface area contributed by atoms with Gasteiger partial charge < -0.3 is 15.6 Å². The van der Waals surface area contributed by atoms with E-state index in [4.69, 9.17) is 5.73 Å². The lowest BCUT2D eigenvalue weighted by Crippen LogP contribution is -2.38. The first kappa shape index (κ1) is 19.6. The van der Waals surface area contributed by atoms with Crippen molar-refractivity contribution in [3.63, 3.8) is 0 Å². The van der Waals surface area contributed by atoms with Gasteiger partial charge >= 0.3 is 0 Å². The minimum absolute atomic E-state index is 0.0137. The number of nitrogens with one attached hydrogen (secondary N) is 1. The maximum atomic E-state index is 12.5. The monoisotopic (exact) mass is 390 g/mol. The van der Waals surface area contributed by atoms with Crippen LogP contribution in [0.5, 0.6) is 0 Å². The van der Waals surface area contributed by atoms with Crippen molar-refractivity contribution in [1.29, 1.82) is 0 Å². The van der Waals surface area contributed by atoms with E-state index in [9.17, 15) is 4.79 Å². The van der Waals surface area contributed by atoms with Crippen molar-refractivity contribution in [2.24, 2.45) is 11.1 Å². The zero-order valence-corrected chi connectivity index (χ0v) is 16.9. The molecular weight excluding hydrogens is 360 g/mol. The molecule has 1 aromatic heterocycles. The summed E-state index contributed by atoms with van der Waals surface area (Å²) >= 11 is 0. The Balaban J connectivity index is 1.32. The number of rotatable bonds is 7. The molecule has 5 nitrogen and oxygen atoms in total. The number of carbonyl (C=O) groups excluding carboxylic acids is 1. The van der Waals surface area contributed by atoms with E-state index in [0.29, 0.717) is 19.5 Å². The Morgan fingerprint density at radius 1 is 1.03 bits per heavy atom. The SMILES string of the molecule is NCC1(CC(=O)NCc2ccc(Cn3cnc4ccccc43)cc2)CCCCC1. The molecule has 0 unspecified atom stereocenters. The molecule has 3 N–H and O–H groups in total. The fourth-order valence-electron chi connectivity index (χ4n) is 4.45. The Kier molecular flexibility index (Phi) is 5.95. The maximum Gasteiger partial charge on any atom is 0.220 e. The van der Waals surface area contributed by atoms with Crippen molar-refractivity contribution in [1.82, 2.24) is 14.9 Å². The summed E-state index contributed by atoms with van der Waals surface area (Å²) in [6, 6.07) is 16.6. The Morgan fingerprint density at radius 2 is 1.76 bits per heavy atom. The number of nitrogens with zero attached hydrogens (tertiary/aromatic N) is 2. The number of hydrogen-bond acceptors (Lipinski definition) is 3. The minimum atomic E-state index is 0.0137. The van der Waals surface area contributed by atoms with E-state index < -0.39 is 0 Å². The molecule has 0 atom stereocenters. The zero-order chi connectivity index (χ0) is 20.1. The number of carbonyl (C=O) groups is 1. The van der Waals surface area contributed by atoms with Gasteiger partial charge in [0, 0.05) is 19.5 Å². The highest BCUT2D eigenvalue weighted by Crippen LogP contribution is 2.38. The van der Waals surface area contributed by atoms with Gasteiger partial charge in [-0.05, 0) is 48.1 Å². The van der Waals surface area contributed by atoms with Crippen molar-refractivity contribution in [2.45, 2.75) is 51.6 Å². The molecule has 0 bridgehead atoms. The molecule has 29 heavy (non-hydrogen) atoms. The standard InChI is InChI=1S/C24H30N4O/c25-17-24(12-4-1-5-13-24)14-23(29)26-15-19-8-10-20(11-9-19)16-28-18-27-21-6-2-3-7-22(21)28/h2-3,6-11,18H,1,4-5,12-17,25H2,(H,26,29). The van der Waals surface area contributed by atoms with Gasteiger partial charge in [0.05, 0.1) is 17.4 Å². The van der Waals surface area contributed by atoms with E-state index in [2.05, 4.69) is 45.2 Å². The van der Waals surface area contributed by atoms with Crippen LogP contribution in [-0.4, -0.2) is 22.0 Å². The number of benzene rings is 2. The highest BCUT2D eigenvalue weighted by atomic mass is 16.1. The molecule has 1 saturated carbocycles. The van der Waals surface area contributed by atoms with Crippen molar-refractivity contribution in [2.75, 3.05) is 6.54 Å². The number of aromatic nitrogens is 2. The topological polar surface area (TPSA) is 72.9 Å². The molecule has 1 aliphatic rings. The number of amides is 1. The second kappa shape index (κ2) is 8.78. The fraction of sp³-hybridized carbons (Fsp3) is 0.417. The summed E-state index contributed by atoms with van der Waals surface area (Å²) in [7, 11) is 0. The van der Waals surface area contributed by atoms with Crippen molar-refractivity contribution >= 4 is 16.9 Å². The Morgan fingerprint density at radius 3 is 2.52 bits per heavy atom. The predicted molar refractivity (Wildman–Crippen MR) is 116 cm³/mol. The summed E-state index contributed by atoms with van der Waals surface area (Å²) in [6.45, 7) is 1.96. The Bertz CT molecular complexity index is 954. The van der Waals surface area contributed by atoms with Crippen LogP contribution in [0.4, 0.5) is 0 Å². The molecule has 1 heterocycles. The van der Waals surface area contributed by atoms with Crippen LogP contribution < -0.4 is 11.1 Å². The number of fused-ring (bicyclic) bond motifs is 1. The number of nitrogens with two attached hydrogens (primary N) is 1. The highest BCUT2D eigenvalue weighted by molar-refractivity contribution is 5.77. The lowest BCUT2D eigenvalue weighted by Gasteiger charge is -2.35. The molecule has 4 rings (SSSR count). The van der Waals surface area contributed by atoms with E-state index in [1.165, 1.54) is 24.8 Å². The van der Waals surface area contributed by atoms with E-state index in [1.807, 2.05) is 24.5 Å². The Labute approximate surface area is 172 Å². The molecule has 1 aliphatic carbocycles. The van der Waals surface area contributed by atoms with Crippen LogP contribution in [0.3, 0.4) is 0 Å². The molecule has 0 aliphatic heterocycles. The van der Waals surface area contributed by atoms with Crippen LogP contribution in [0.15, 0.2) is 54.9 Å². The average Bonchev–Trinajstić information content (AvgIpc) is 3.17. The average molecular weight is 391 g/mol. The second-order valence-electron chi connectivity index (χ2n) is 8.40. The molecular formula is C24H30N4O. The minimum Gasteiger partial charge on any atom is -0.352 e. The van der Waals surface area contributed by atoms with Crippen LogP contribution in [0, 0.1) is 5.41 Å². The summed E-state index contributed by atoms with van der Waals surface area (Å²) in [5, 5.41) is 3.08. The van der Waals surface area contributed by atoms with Gasteiger partial charge in [0.25, 0.3) is 0 Å². The van der Waals surface area contributed by atoms with E-state index >= 15 is 0 Å². The molecule has 1 amide bonds. The fourth-order valence-corrected chi connectivity index (χ4v) is 4.45. The second-order valence-corrected chi connectivity index (χ2v) is 8.40. The molecule has 152 valence electrons. The number of para-hydroxylation sites is 2. The predicted octanol–water partition coefficient (Wildman–Crippen LogP) is 4.00. The summed E-state index contributed by atoms with van der Waals surface area (Å²) < 4.78 is 2.16. The lowest BCUT2D eigenvalue weighted by molar-refractivity contribution is -0.124. The summed E-state index contributed by atoms with van der Waals surface area (Å²) in [4.78, 5) is 16.9. The van der Waals surface area contributed by atoms with E-state index in [0.717, 1.165) is 36.0 Å². The van der Waals surface area contributed by atoms with Crippen LogP contribution in [-0.2, 0) is 17.9 Å². The van der Waals surface area contributed by atoms with Gasteiger partial charge in [-0.25, -0.2) is 4.98 Å². The van der Waals surface area contributed by atoms with Gasteiger partial charge in [0.1, 0.15) is 0 Å². The first-order chi connectivity index (χ1) is 14.2. The lowest BCUT2D eigenvalue weighted by atomic mass is 9.71. The van der Waals surface area contributed by atoms with Gasteiger partial charge in [0.2, 0.25) is 5.91 Å². The van der Waals surface area contributed by atoms with Crippen LogP contribution in [0.2, 0.25) is 0 Å². The van der Waals surface area contributed by atoms with Crippen molar-refractivity contribution < 1.29 is 4.79 Å². The zero-order valence-electron chi connectivity index (χ0n) is 16.9. The third kappa shape index (κ3) is 4.67. The van der Waals surface area contributed by atoms with Crippen LogP contribution in [0.1, 0.15) is 49.7 Å². The van der Waals surface area contributed by atoms with Gasteiger partial charge in [-0.3, -0.25) is 4.79 Å². The Hall–Kier alpha value is -2.66. The molecule has 0 spiro atoms. The largest absolute Gasteiger partial charge is 0.352 e. The third-order valence-electron chi connectivity index (χ3n) is 6.28. The molecule has 3 aromatic rings. The maximum absolute atomic E-state index is 12.5. The number of imidazole rings is 1. The smallest absolute Gasteiger partial charge is 0.220 e. The van der Waals surface area contributed by atoms with Gasteiger partial charge in [-0.2, -0.15) is 0 Å². The van der Waals surface area contributed by atoms with Gasteiger partial charge in [-0.15, -0.1) is 0 Å². The van der Waals surface area contributed by atoms with Gasteiger partial charge in [0.15, 0.2) is 0 Å². The number of hydrogen-bond donors (Lipinski definition) is 2. The molecule has 1 fully saturated rings. The van der Waals surface area contributed by atoms with Crippen LogP contribution in [0.25, 0.3) is 11.0 Å². The van der Waals surface area contributed by atoms with Gasteiger partial charge in [-0.1, -0.05) is 55.7 Å². The van der Waals surface area contributed by atoms with Crippen molar-refractivity contribution in [3.05, 3.63) is 66.0 Å². The third-order valence-corrected chi connectivity index (χ3v) is 6.28. The first-order valence-electron chi connectivity index (χ1n) is 10.6. The summed E-state index contributed by atoms with van der Waals surface area (Å²) in [6.07, 6.45) is 8.25. The van der Waals surface area contributed by atoms with E-state index in [1.54, 1.807) is 0 Å². The molecule has 5 heteroatoms. The van der Waals surface area contributed by atoms with Crippen molar-refractivity contribution in [3.8, 4) is 0 Å². The summed E-state index contributed by atoms with van der Waals surface area (Å²) in [5.41, 5.74) is 10.5. The molecule has 2 aromatic carbocycles. The highest BCUT2D eigenvalue weighted by Gasteiger charge is 2.32. The van der Waals surface area contributed by atoms with Crippen LogP contribution >= 0.6 is 0 Å². The normalized spacial score (nSPS) is 16.0. The molecule has 0 saturated heterocycles. The summed E-state index contributed by atoms with van der Waals surface area (Å²) in [5.74, 6) is 0.117.